The lowest BCUT2D eigenvalue weighted by Gasteiger charge is -2.24. The Morgan fingerprint density at radius 2 is 2.12 bits per heavy atom. The molecule has 2 unspecified atom stereocenters. The molecule has 1 aromatic rings. The van der Waals surface area contributed by atoms with Crippen molar-refractivity contribution >= 4 is 11.9 Å². The summed E-state index contributed by atoms with van der Waals surface area (Å²) in [6, 6.07) is 7.77. The van der Waals surface area contributed by atoms with Crippen LogP contribution < -0.4 is 0 Å². The van der Waals surface area contributed by atoms with E-state index in [1.54, 1.807) is 0 Å². The maximum atomic E-state index is 12.6. The molecule has 0 bridgehead atoms. The third kappa shape index (κ3) is 2.45. The summed E-state index contributed by atoms with van der Waals surface area (Å²) in [5.41, 5.74) is 2.44. The summed E-state index contributed by atoms with van der Waals surface area (Å²) in [6.45, 7) is 6.29. The van der Waals surface area contributed by atoms with Crippen LogP contribution in [0.25, 0.3) is 0 Å². The maximum absolute atomic E-state index is 12.6. The number of hydrogen-bond acceptors (Lipinski definition) is 3. The fraction of sp³-hybridized carbons (Fsp3) is 0.500. The van der Waals surface area contributed by atoms with Crippen molar-refractivity contribution in [3.8, 4) is 0 Å². The summed E-state index contributed by atoms with van der Waals surface area (Å²) in [4.78, 5) is 26.9. The quantitative estimate of drug-likeness (QED) is 0.634. The molecule has 24 heavy (non-hydrogen) atoms. The van der Waals surface area contributed by atoms with Crippen LogP contribution >= 0.6 is 0 Å². The van der Waals surface area contributed by atoms with Crippen LogP contribution in [0, 0.1) is 11.3 Å². The molecule has 3 aliphatic rings. The largest absolute Gasteiger partial charge is 0.465 e. The van der Waals surface area contributed by atoms with Crippen molar-refractivity contribution in [2.24, 2.45) is 11.3 Å². The first-order valence-electron chi connectivity index (χ1n) is 8.80. The number of carbonyl (C=O) groups excluding carboxylic acids is 2. The minimum atomic E-state index is -0.466. The lowest BCUT2D eigenvalue weighted by molar-refractivity contribution is -0.146. The Morgan fingerprint density at radius 3 is 2.92 bits per heavy atom. The topological polar surface area (TPSA) is 46.6 Å². The SMILES string of the molecule is C=C1CC2COC(=O)C2(Cc2cccc(C(=O)N3CCCC3)c2)C1. The molecule has 0 N–H and O–H groups in total. The molecule has 4 rings (SSSR count). The van der Waals surface area contributed by atoms with Crippen molar-refractivity contribution in [3.05, 3.63) is 47.5 Å². The Morgan fingerprint density at radius 1 is 1.33 bits per heavy atom. The second kappa shape index (κ2) is 5.76. The molecular weight excluding hydrogens is 302 g/mol. The lowest BCUT2D eigenvalue weighted by Crippen LogP contribution is -2.32. The molecule has 126 valence electrons. The normalized spacial score (nSPS) is 29.0. The molecule has 1 aromatic carbocycles. The Bertz CT molecular complexity index is 705. The first-order valence-corrected chi connectivity index (χ1v) is 8.80. The van der Waals surface area contributed by atoms with Gasteiger partial charge in [-0.2, -0.15) is 0 Å². The number of allylic oxidation sites excluding steroid dienone is 1. The van der Waals surface area contributed by atoms with Crippen LogP contribution in [-0.4, -0.2) is 36.5 Å². The number of likely N-dealkylation sites (tertiary alicyclic amines) is 1. The molecular formula is C20H23NO3. The van der Waals surface area contributed by atoms with Gasteiger partial charge < -0.3 is 9.64 Å². The number of benzene rings is 1. The van der Waals surface area contributed by atoms with Gasteiger partial charge in [-0.25, -0.2) is 0 Å². The Labute approximate surface area is 142 Å². The van der Waals surface area contributed by atoms with E-state index in [1.165, 1.54) is 0 Å². The summed E-state index contributed by atoms with van der Waals surface area (Å²) >= 11 is 0. The highest BCUT2D eigenvalue weighted by Crippen LogP contribution is 2.52. The van der Waals surface area contributed by atoms with Crippen LogP contribution in [0.5, 0.6) is 0 Å². The van der Waals surface area contributed by atoms with Crippen LogP contribution in [0.2, 0.25) is 0 Å². The van der Waals surface area contributed by atoms with E-state index in [0.717, 1.165) is 49.1 Å². The minimum Gasteiger partial charge on any atom is -0.465 e. The summed E-state index contributed by atoms with van der Waals surface area (Å²) in [7, 11) is 0. The van der Waals surface area contributed by atoms with E-state index in [0.29, 0.717) is 19.4 Å². The molecule has 2 heterocycles. The second-order valence-electron chi connectivity index (χ2n) is 7.46. The molecule has 0 radical (unpaired) electrons. The predicted molar refractivity (Wildman–Crippen MR) is 90.5 cm³/mol. The molecule has 2 aliphatic heterocycles. The maximum Gasteiger partial charge on any atom is 0.313 e. The third-order valence-corrected chi connectivity index (χ3v) is 5.79. The van der Waals surface area contributed by atoms with Gasteiger partial charge in [0.1, 0.15) is 0 Å². The smallest absolute Gasteiger partial charge is 0.313 e. The van der Waals surface area contributed by atoms with Crippen molar-refractivity contribution in [1.29, 1.82) is 0 Å². The number of amides is 1. The zero-order chi connectivity index (χ0) is 16.7. The minimum absolute atomic E-state index is 0.0950. The Kier molecular flexibility index (Phi) is 3.70. The van der Waals surface area contributed by atoms with E-state index in [9.17, 15) is 9.59 Å². The van der Waals surface area contributed by atoms with Gasteiger partial charge in [0, 0.05) is 24.6 Å². The average molecular weight is 325 g/mol. The van der Waals surface area contributed by atoms with E-state index < -0.39 is 5.41 Å². The highest BCUT2D eigenvalue weighted by molar-refractivity contribution is 5.94. The molecule has 0 spiro atoms. The number of carbonyl (C=O) groups is 2. The summed E-state index contributed by atoms with van der Waals surface area (Å²) in [5.74, 6) is 0.242. The van der Waals surface area contributed by atoms with Gasteiger partial charge in [0.25, 0.3) is 5.91 Å². The van der Waals surface area contributed by atoms with Crippen LogP contribution in [-0.2, 0) is 16.0 Å². The summed E-state index contributed by atoms with van der Waals surface area (Å²) in [5, 5.41) is 0. The molecule has 4 nitrogen and oxygen atoms in total. The molecule has 1 amide bonds. The molecule has 4 heteroatoms. The second-order valence-corrected chi connectivity index (χ2v) is 7.46. The van der Waals surface area contributed by atoms with Crippen molar-refractivity contribution in [2.45, 2.75) is 32.1 Å². The number of fused-ring (bicyclic) bond motifs is 1. The van der Waals surface area contributed by atoms with Crippen LogP contribution in [0.3, 0.4) is 0 Å². The van der Waals surface area contributed by atoms with E-state index in [1.807, 2.05) is 29.2 Å². The van der Waals surface area contributed by atoms with Crippen LogP contribution in [0.4, 0.5) is 0 Å². The number of esters is 1. The molecule has 1 aliphatic carbocycles. The zero-order valence-electron chi connectivity index (χ0n) is 13.9. The van der Waals surface area contributed by atoms with Crippen molar-refractivity contribution in [1.82, 2.24) is 4.90 Å². The Balaban J connectivity index is 1.59. The van der Waals surface area contributed by atoms with Gasteiger partial charge in [-0.1, -0.05) is 24.3 Å². The number of cyclic esters (lactones) is 1. The van der Waals surface area contributed by atoms with Crippen molar-refractivity contribution in [3.63, 3.8) is 0 Å². The van der Waals surface area contributed by atoms with Gasteiger partial charge in [-0.3, -0.25) is 9.59 Å². The molecule has 0 aromatic heterocycles. The fourth-order valence-corrected chi connectivity index (χ4v) is 4.54. The van der Waals surface area contributed by atoms with Gasteiger partial charge in [0.05, 0.1) is 12.0 Å². The first kappa shape index (κ1) is 15.4. The zero-order valence-corrected chi connectivity index (χ0v) is 13.9. The molecule has 1 saturated carbocycles. The standard InChI is InChI=1S/C20H23NO3/c1-14-9-17-13-24-19(23)20(17,11-14)12-15-5-4-6-16(10-15)18(22)21-7-2-3-8-21/h4-6,10,17H,1-3,7-9,11-13H2. The monoisotopic (exact) mass is 325 g/mol. The van der Waals surface area contributed by atoms with E-state index >= 15 is 0 Å². The van der Waals surface area contributed by atoms with E-state index in [4.69, 9.17) is 4.74 Å². The molecule has 2 atom stereocenters. The average Bonchev–Trinajstić information content (AvgIpc) is 3.26. The molecule has 3 fully saturated rings. The third-order valence-electron chi connectivity index (χ3n) is 5.79. The summed E-state index contributed by atoms with van der Waals surface area (Å²) < 4.78 is 5.35. The fourth-order valence-electron chi connectivity index (χ4n) is 4.54. The summed E-state index contributed by atoms with van der Waals surface area (Å²) in [6.07, 6.45) is 4.39. The van der Waals surface area contributed by atoms with E-state index in [2.05, 4.69) is 6.58 Å². The van der Waals surface area contributed by atoms with Crippen molar-refractivity contribution in [2.75, 3.05) is 19.7 Å². The highest BCUT2D eigenvalue weighted by atomic mass is 16.5. The van der Waals surface area contributed by atoms with Crippen LogP contribution in [0.15, 0.2) is 36.4 Å². The van der Waals surface area contributed by atoms with Gasteiger partial charge in [0.2, 0.25) is 0 Å². The van der Waals surface area contributed by atoms with E-state index in [-0.39, 0.29) is 17.8 Å². The number of rotatable bonds is 3. The number of ether oxygens (including phenoxy) is 1. The van der Waals surface area contributed by atoms with Gasteiger partial charge in [-0.15, -0.1) is 0 Å². The molecule has 2 saturated heterocycles. The predicted octanol–water partition coefficient (Wildman–Crippen LogP) is 2.97. The van der Waals surface area contributed by atoms with Crippen molar-refractivity contribution < 1.29 is 14.3 Å². The van der Waals surface area contributed by atoms with Gasteiger partial charge in [-0.05, 0) is 49.8 Å². The lowest BCUT2D eigenvalue weighted by atomic mass is 9.75. The number of nitrogens with zero attached hydrogens (tertiary/aromatic N) is 1. The highest BCUT2D eigenvalue weighted by Gasteiger charge is 2.55. The Hall–Kier alpha value is -2.10. The first-order chi connectivity index (χ1) is 11.6. The number of hydrogen-bond donors (Lipinski definition) is 0. The van der Waals surface area contributed by atoms with Gasteiger partial charge in [0.15, 0.2) is 0 Å². The van der Waals surface area contributed by atoms with Gasteiger partial charge >= 0.3 is 5.97 Å². The van der Waals surface area contributed by atoms with Crippen LogP contribution in [0.1, 0.15) is 41.6 Å².